The molecule has 0 radical (unpaired) electrons. The molecule has 4 aromatic rings. The van der Waals surface area contributed by atoms with Gasteiger partial charge in [-0.3, -0.25) is 14.9 Å². The second-order valence-corrected chi connectivity index (χ2v) is 6.74. The van der Waals surface area contributed by atoms with E-state index in [9.17, 15) is 19.3 Å². The summed E-state index contributed by atoms with van der Waals surface area (Å²) in [6, 6.07) is 13.8. The number of thiophene rings is 1. The average Bonchev–Trinajstić information content (AvgIpc) is 3.29. The lowest BCUT2D eigenvalue weighted by Gasteiger charge is -2.02. The first-order chi connectivity index (χ1) is 13.0. The third-order valence-corrected chi connectivity index (χ3v) is 4.89. The SMILES string of the molecule is O=C(Nc1ccc2nc(-c3ccc(F)cc3)[nH]c2c1)c1ccc([N+](=O)[O-])s1. The number of anilines is 1. The number of hydrogen-bond donors (Lipinski definition) is 2. The normalized spacial score (nSPS) is 10.9. The highest BCUT2D eigenvalue weighted by Gasteiger charge is 2.16. The lowest BCUT2D eigenvalue weighted by molar-refractivity contribution is -0.380. The van der Waals surface area contributed by atoms with Gasteiger partial charge in [-0.15, -0.1) is 0 Å². The van der Waals surface area contributed by atoms with Crippen LogP contribution in [0.5, 0.6) is 0 Å². The Morgan fingerprint density at radius 1 is 1.15 bits per heavy atom. The van der Waals surface area contributed by atoms with Gasteiger partial charge in [-0.05, 0) is 48.5 Å². The molecule has 0 aliphatic rings. The molecular formula is C18H11FN4O3S. The molecule has 2 aromatic carbocycles. The summed E-state index contributed by atoms with van der Waals surface area (Å²) in [5, 5.41) is 13.4. The summed E-state index contributed by atoms with van der Waals surface area (Å²) in [5.41, 5.74) is 2.66. The van der Waals surface area contributed by atoms with Gasteiger partial charge in [0.25, 0.3) is 5.91 Å². The predicted molar refractivity (Wildman–Crippen MR) is 100 cm³/mol. The number of amides is 1. The van der Waals surface area contributed by atoms with E-state index in [-0.39, 0.29) is 15.7 Å². The third kappa shape index (κ3) is 3.40. The number of nitrogens with one attached hydrogen (secondary N) is 2. The van der Waals surface area contributed by atoms with Crippen molar-refractivity contribution in [2.75, 3.05) is 5.32 Å². The smallest absolute Gasteiger partial charge is 0.324 e. The first kappa shape index (κ1) is 16.9. The minimum atomic E-state index is -0.533. The molecular weight excluding hydrogens is 371 g/mol. The molecule has 9 heteroatoms. The Morgan fingerprint density at radius 3 is 2.63 bits per heavy atom. The Morgan fingerprint density at radius 2 is 1.93 bits per heavy atom. The van der Waals surface area contributed by atoms with Gasteiger partial charge in [0.1, 0.15) is 11.6 Å². The minimum Gasteiger partial charge on any atom is -0.338 e. The maximum Gasteiger partial charge on any atom is 0.324 e. The number of carbonyl (C=O) groups excluding carboxylic acids is 1. The summed E-state index contributed by atoms with van der Waals surface area (Å²) in [6.45, 7) is 0. The van der Waals surface area contributed by atoms with Crippen molar-refractivity contribution in [3.05, 3.63) is 75.4 Å². The summed E-state index contributed by atoms with van der Waals surface area (Å²) >= 11 is 0.813. The predicted octanol–water partition coefficient (Wildman–Crippen LogP) is 4.59. The van der Waals surface area contributed by atoms with Gasteiger partial charge in [0.15, 0.2) is 0 Å². The van der Waals surface area contributed by atoms with Crippen molar-refractivity contribution in [2.45, 2.75) is 0 Å². The number of benzene rings is 2. The first-order valence-electron chi connectivity index (χ1n) is 7.81. The number of aromatic amines is 1. The number of nitro groups is 1. The highest BCUT2D eigenvalue weighted by atomic mass is 32.1. The van der Waals surface area contributed by atoms with Gasteiger partial charge in [-0.1, -0.05) is 11.3 Å². The molecule has 0 bridgehead atoms. The molecule has 2 aromatic heterocycles. The summed E-state index contributed by atoms with van der Waals surface area (Å²) in [7, 11) is 0. The number of fused-ring (bicyclic) bond motifs is 1. The molecule has 0 fully saturated rings. The Kier molecular flexibility index (Phi) is 4.13. The van der Waals surface area contributed by atoms with Gasteiger partial charge in [-0.25, -0.2) is 9.37 Å². The van der Waals surface area contributed by atoms with Crippen LogP contribution in [0.1, 0.15) is 9.67 Å². The molecule has 7 nitrogen and oxygen atoms in total. The van der Waals surface area contributed by atoms with E-state index in [1.165, 1.54) is 24.3 Å². The van der Waals surface area contributed by atoms with E-state index in [2.05, 4.69) is 15.3 Å². The number of imidazole rings is 1. The summed E-state index contributed by atoms with van der Waals surface area (Å²) in [5.74, 6) is -0.165. The highest BCUT2D eigenvalue weighted by molar-refractivity contribution is 7.17. The Hall–Kier alpha value is -3.59. The molecule has 134 valence electrons. The molecule has 0 saturated carbocycles. The van der Waals surface area contributed by atoms with Crippen molar-refractivity contribution in [3.8, 4) is 11.4 Å². The molecule has 27 heavy (non-hydrogen) atoms. The number of hydrogen-bond acceptors (Lipinski definition) is 5. The quantitative estimate of drug-likeness (QED) is 0.398. The standard InChI is InChI=1S/C18H11FN4O3S/c19-11-3-1-10(2-4-11)17-21-13-6-5-12(9-14(13)22-17)20-18(24)15-7-8-16(27-15)23(25)26/h1-9H,(H,20,24)(H,21,22). The molecule has 4 rings (SSSR count). The van der Waals surface area contributed by atoms with Crippen LogP contribution in [0, 0.1) is 15.9 Å². The topological polar surface area (TPSA) is 101 Å². The van der Waals surface area contributed by atoms with Crippen LogP contribution < -0.4 is 5.32 Å². The Bertz CT molecular complexity index is 1170. The van der Waals surface area contributed by atoms with E-state index in [1.54, 1.807) is 30.3 Å². The fraction of sp³-hybridized carbons (Fsp3) is 0. The van der Waals surface area contributed by atoms with Crippen LogP contribution in [0.2, 0.25) is 0 Å². The summed E-state index contributed by atoms with van der Waals surface area (Å²) in [6.07, 6.45) is 0. The Balaban J connectivity index is 1.58. The molecule has 0 aliphatic carbocycles. The molecule has 0 spiro atoms. The monoisotopic (exact) mass is 382 g/mol. The Labute approximate surface area is 155 Å². The van der Waals surface area contributed by atoms with Gasteiger partial charge in [0.05, 0.1) is 20.8 Å². The maximum absolute atomic E-state index is 13.1. The summed E-state index contributed by atoms with van der Waals surface area (Å²) < 4.78 is 13.1. The van der Waals surface area contributed by atoms with Gasteiger partial charge in [0, 0.05) is 17.3 Å². The fourth-order valence-corrected chi connectivity index (χ4v) is 3.29. The van der Waals surface area contributed by atoms with Gasteiger partial charge in [0.2, 0.25) is 0 Å². The van der Waals surface area contributed by atoms with E-state index >= 15 is 0 Å². The van der Waals surface area contributed by atoms with Gasteiger partial charge >= 0.3 is 5.00 Å². The molecule has 1 amide bonds. The van der Waals surface area contributed by atoms with Crippen molar-refractivity contribution < 1.29 is 14.1 Å². The van der Waals surface area contributed by atoms with E-state index in [1.807, 2.05) is 0 Å². The van der Waals surface area contributed by atoms with Crippen LogP contribution in [0.4, 0.5) is 15.1 Å². The van der Waals surface area contributed by atoms with Crippen molar-refractivity contribution in [3.63, 3.8) is 0 Å². The molecule has 0 aliphatic heterocycles. The van der Waals surface area contributed by atoms with Gasteiger partial charge < -0.3 is 10.3 Å². The highest BCUT2D eigenvalue weighted by Crippen LogP contribution is 2.26. The average molecular weight is 382 g/mol. The molecule has 2 N–H and O–H groups in total. The molecule has 0 saturated heterocycles. The lowest BCUT2D eigenvalue weighted by Crippen LogP contribution is -2.09. The maximum atomic E-state index is 13.1. The van der Waals surface area contributed by atoms with Gasteiger partial charge in [-0.2, -0.15) is 0 Å². The largest absolute Gasteiger partial charge is 0.338 e. The van der Waals surface area contributed by atoms with Crippen LogP contribution in [0.25, 0.3) is 22.4 Å². The number of carbonyl (C=O) groups is 1. The molecule has 0 unspecified atom stereocenters. The van der Waals surface area contributed by atoms with Crippen LogP contribution >= 0.6 is 11.3 Å². The number of H-pyrrole nitrogens is 1. The number of rotatable bonds is 4. The lowest BCUT2D eigenvalue weighted by atomic mass is 10.2. The van der Waals surface area contributed by atoms with E-state index in [0.717, 1.165) is 16.9 Å². The van der Waals surface area contributed by atoms with Crippen LogP contribution in [0.3, 0.4) is 0 Å². The second-order valence-electron chi connectivity index (χ2n) is 5.67. The third-order valence-electron chi connectivity index (χ3n) is 3.85. The van der Waals surface area contributed by atoms with Crippen molar-refractivity contribution >= 4 is 39.0 Å². The van der Waals surface area contributed by atoms with Crippen molar-refractivity contribution in [2.24, 2.45) is 0 Å². The number of halogens is 1. The zero-order chi connectivity index (χ0) is 19.0. The number of nitrogens with zero attached hydrogens (tertiary/aromatic N) is 2. The summed E-state index contributed by atoms with van der Waals surface area (Å²) in [4.78, 5) is 30.3. The minimum absolute atomic E-state index is 0.0897. The van der Waals surface area contributed by atoms with Crippen molar-refractivity contribution in [1.82, 2.24) is 9.97 Å². The zero-order valence-corrected chi connectivity index (χ0v) is 14.4. The fourth-order valence-electron chi connectivity index (χ4n) is 2.57. The van der Waals surface area contributed by atoms with Crippen molar-refractivity contribution in [1.29, 1.82) is 0 Å². The first-order valence-corrected chi connectivity index (χ1v) is 8.62. The van der Waals surface area contributed by atoms with E-state index in [0.29, 0.717) is 22.5 Å². The van der Waals surface area contributed by atoms with Crippen LogP contribution in [-0.2, 0) is 0 Å². The van der Waals surface area contributed by atoms with Crippen LogP contribution in [0.15, 0.2) is 54.6 Å². The number of aromatic nitrogens is 2. The van der Waals surface area contributed by atoms with E-state index < -0.39 is 10.8 Å². The molecule has 2 heterocycles. The second kappa shape index (κ2) is 6.61. The van der Waals surface area contributed by atoms with Crippen LogP contribution in [-0.4, -0.2) is 20.8 Å². The van der Waals surface area contributed by atoms with E-state index in [4.69, 9.17) is 0 Å². The molecule has 0 atom stereocenters. The zero-order valence-electron chi connectivity index (χ0n) is 13.6.